The Hall–Kier alpha value is -2.52. The smallest absolute Gasteiger partial charge is 0.293 e. The van der Waals surface area contributed by atoms with Crippen LogP contribution in [0.1, 0.15) is 45.2 Å². The van der Waals surface area contributed by atoms with Crippen molar-refractivity contribution in [3.63, 3.8) is 0 Å². The van der Waals surface area contributed by atoms with Crippen LogP contribution in [-0.4, -0.2) is 25.4 Å². The van der Waals surface area contributed by atoms with Gasteiger partial charge in [-0.3, -0.25) is 10.1 Å². The highest BCUT2D eigenvalue weighted by molar-refractivity contribution is 7.89. The minimum absolute atomic E-state index is 0.163. The first-order valence-electron chi connectivity index (χ1n) is 9.32. The van der Waals surface area contributed by atoms with Crippen LogP contribution < -0.4 is 9.62 Å². The van der Waals surface area contributed by atoms with Gasteiger partial charge in [0.15, 0.2) is 0 Å². The van der Waals surface area contributed by atoms with Gasteiger partial charge in [0.2, 0.25) is 10.0 Å². The summed E-state index contributed by atoms with van der Waals surface area (Å²) in [5.41, 5.74) is 0.0634. The Morgan fingerprint density at radius 1 is 1.21 bits per heavy atom. The molecule has 0 saturated carbocycles. The maximum Gasteiger partial charge on any atom is 0.293 e. The van der Waals surface area contributed by atoms with Gasteiger partial charge in [0.25, 0.3) is 5.69 Å². The molecular formula is C20H24FN3O4S. The summed E-state index contributed by atoms with van der Waals surface area (Å²) in [6.07, 6.45) is 1.52. The minimum atomic E-state index is -3.91. The number of hydrogen-bond donors (Lipinski definition) is 1. The molecule has 0 unspecified atom stereocenters. The molecule has 1 heterocycles. The SMILES string of the molecule is CC(C)(C)NS(=O)(=O)c1ccc(N2CCC[C@H]2c2cccc(F)c2)c([N+](=O)[O-])c1. The number of nitrogens with zero attached hydrogens (tertiary/aromatic N) is 2. The van der Waals surface area contributed by atoms with Gasteiger partial charge in [-0.25, -0.2) is 17.5 Å². The Balaban J connectivity index is 2.02. The topological polar surface area (TPSA) is 92.6 Å². The van der Waals surface area contributed by atoms with Crippen molar-refractivity contribution in [3.8, 4) is 0 Å². The largest absolute Gasteiger partial charge is 0.359 e. The molecule has 2 aromatic rings. The Kier molecular flexibility index (Phi) is 5.64. The minimum Gasteiger partial charge on any atom is -0.359 e. The average Bonchev–Trinajstić information content (AvgIpc) is 3.08. The molecule has 1 aliphatic rings. The van der Waals surface area contributed by atoms with Crippen molar-refractivity contribution in [2.75, 3.05) is 11.4 Å². The highest BCUT2D eigenvalue weighted by Crippen LogP contribution is 2.41. The van der Waals surface area contributed by atoms with E-state index in [1.54, 1.807) is 32.9 Å². The zero-order valence-electron chi connectivity index (χ0n) is 16.6. The fraction of sp³-hybridized carbons (Fsp3) is 0.400. The standard InChI is InChI=1S/C20H24FN3O4S/c1-20(2,3)22-29(27,28)16-9-10-18(19(13-16)24(25)26)23-11-5-8-17(23)14-6-4-7-15(21)12-14/h4,6-7,9-10,12-13,17,22H,5,8,11H2,1-3H3/t17-/m0/s1. The van der Waals surface area contributed by atoms with E-state index in [-0.39, 0.29) is 22.4 Å². The van der Waals surface area contributed by atoms with E-state index in [2.05, 4.69) is 4.72 Å². The molecule has 0 bridgehead atoms. The summed E-state index contributed by atoms with van der Waals surface area (Å²) in [6.45, 7) is 5.65. The number of nitrogens with one attached hydrogen (secondary N) is 1. The van der Waals surface area contributed by atoms with Gasteiger partial charge in [-0.2, -0.15) is 0 Å². The van der Waals surface area contributed by atoms with Crippen LogP contribution in [0.25, 0.3) is 0 Å². The molecule has 0 amide bonds. The molecule has 156 valence electrons. The van der Waals surface area contributed by atoms with Gasteiger partial charge in [-0.05, 0) is 63.4 Å². The first kappa shape index (κ1) is 21.2. The van der Waals surface area contributed by atoms with Crippen LogP contribution in [-0.2, 0) is 10.0 Å². The van der Waals surface area contributed by atoms with Gasteiger partial charge in [0.05, 0.1) is 15.9 Å². The Morgan fingerprint density at radius 2 is 1.93 bits per heavy atom. The van der Waals surface area contributed by atoms with E-state index in [4.69, 9.17) is 0 Å². The van der Waals surface area contributed by atoms with Crippen molar-refractivity contribution in [2.24, 2.45) is 0 Å². The summed E-state index contributed by atoms with van der Waals surface area (Å²) < 4.78 is 41.4. The summed E-state index contributed by atoms with van der Waals surface area (Å²) in [5, 5.41) is 11.7. The molecule has 1 N–H and O–H groups in total. The number of nitro benzene ring substituents is 1. The molecule has 7 nitrogen and oxygen atoms in total. The lowest BCUT2D eigenvalue weighted by atomic mass is 10.0. The van der Waals surface area contributed by atoms with E-state index in [1.807, 2.05) is 4.90 Å². The number of anilines is 1. The van der Waals surface area contributed by atoms with Gasteiger partial charge >= 0.3 is 0 Å². The highest BCUT2D eigenvalue weighted by atomic mass is 32.2. The third-order valence-electron chi connectivity index (χ3n) is 4.69. The lowest BCUT2D eigenvalue weighted by molar-refractivity contribution is -0.384. The molecule has 1 aliphatic heterocycles. The zero-order chi connectivity index (χ0) is 21.4. The molecule has 1 fully saturated rings. The van der Waals surface area contributed by atoms with Crippen molar-refractivity contribution >= 4 is 21.4 Å². The highest BCUT2D eigenvalue weighted by Gasteiger charge is 2.33. The van der Waals surface area contributed by atoms with Crippen LogP contribution >= 0.6 is 0 Å². The Labute approximate surface area is 169 Å². The lowest BCUT2D eigenvalue weighted by Gasteiger charge is -2.27. The molecule has 0 radical (unpaired) electrons. The monoisotopic (exact) mass is 421 g/mol. The second kappa shape index (κ2) is 7.72. The molecule has 3 rings (SSSR count). The second-order valence-corrected chi connectivity index (χ2v) is 9.85. The summed E-state index contributed by atoms with van der Waals surface area (Å²) in [5.74, 6) is -0.362. The van der Waals surface area contributed by atoms with E-state index in [1.165, 1.54) is 24.3 Å². The van der Waals surface area contributed by atoms with Gasteiger partial charge in [0, 0.05) is 18.2 Å². The average molecular weight is 421 g/mol. The molecule has 0 aromatic heterocycles. The van der Waals surface area contributed by atoms with Crippen molar-refractivity contribution in [1.82, 2.24) is 4.72 Å². The summed E-state index contributed by atoms with van der Waals surface area (Å²) in [6, 6.07) is 9.91. The predicted molar refractivity (Wildman–Crippen MR) is 109 cm³/mol. The maximum atomic E-state index is 13.7. The molecule has 0 spiro atoms. The molecule has 1 saturated heterocycles. The van der Waals surface area contributed by atoms with E-state index < -0.39 is 20.5 Å². The summed E-state index contributed by atoms with van der Waals surface area (Å²) in [4.78, 5) is 12.9. The molecule has 2 aromatic carbocycles. The number of rotatable bonds is 5. The second-order valence-electron chi connectivity index (χ2n) is 8.17. The fourth-order valence-electron chi connectivity index (χ4n) is 3.64. The first-order valence-corrected chi connectivity index (χ1v) is 10.8. The number of nitro groups is 1. The van der Waals surface area contributed by atoms with Gasteiger partial charge < -0.3 is 4.90 Å². The van der Waals surface area contributed by atoms with Crippen LogP contribution in [0.3, 0.4) is 0 Å². The van der Waals surface area contributed by atoms with Crippen molar-refractivity contribution in [3.05, 3.63) is 64.0 Å². The number of hydrogen-bond acceptors (Lipinski definition) is 5. The van der Waals surface area contributed by atoms with Crippen molar-refractivity contribution in [1.29, 1.82) is 0 Å². The molecule has 9 heteroatoms. The molecular weight excluding hydrogens is 397 g/mol. The quantitative estimate of drug-likeness (QED) is 0.578. The number of sulfonamides is 1. The van der Waals surface area contributed by atoms with Gasteiger partial charge in [-0.1, -0.05) is 12.1 Å². The fourth-order valence-corrected chi connectivity index (χ4v) is 5.08. The predicted octanol–water partition coefficient (Wildman–Crippen LogP) is 4.15. The van der Waals surface area contributed by atoms with E-state index in [0.29, 0.717) is 12.2 Å². The Morgan fingerprint density at radius 3 is 2.55 bits per heavy atom. The van der Waals surface area contributed by atoms with Crippen LogP contribution in [0.5, 0.6) is 0 Å². The van der Waals surface area contributed by atoms with Crippen LogP contribution in [0.15, 0.2) is 47.4 Å². The summed E-state index contributed by atoms with van der Waals surface area (Å²) >= 11 is 0. The van der Waals surface area contributed by atoms with Gasteiger partial charge in [0.1, 0.15) is 11.5 Å². The van der Waals surface area contributed by atoms with Crippen molar-refractivity contribution < 1.29 is 17.7 Å². The normalized spacial score (nSPS) is 17.5. The number of benzene rings is 2. The zero-order valence-corrected chi connectivity index (χ0v) is 17.4. The molecule has 29 heavy (non-hydrogen) atoms. The third-order valence-corrected chi connectivity index (χ3v) is 6.45. The van der Waals surface area contributed by atoms with Crippen LogP contribution in [0, 0.1) is 15.9 Å². The number of halogens is 1. The Bertz CT molecular complexity index is 1030. The molecule has 0 aliphatic carbocycles. The van der Waals surface area contributed by atoms with Gasteiger partial charge in [-0.15, -0.1) is 0 Å². The lowest BCUT2D eigenvalue weighted by Crippen LogP contribution is -2.40. The van der Waals surface area contributed by atoms with E-state index >= 15 is 0 Å². The van der Waals surface area contributed by atoms with Crippen LogP contribution in [0.2, 0.25) is 0 Å². The van der Waals surface area contributed by atoms with E-state index in [0.717, 1.165) is 24.5 Å². The van der Waals surface area contributed by atoms with Crippen molar-refractivity contribution in [2.45, 2.75) is 50.1 Å². The first-order chi connectivity index (χ1) is 13.5. The van der Waals surface area contributed by atoms with E-state index in [9.17, 15) is 22.9 Å². The van der Waals surface area contributed by atoms with Crippen LogP contribution in [0.4, 0.5) is 15.8 Å². The summed E-state index contributed by atoms with van der Waals surface area (Å²) in [7, 11) is -3.91. The molecule has 1 atom stereocenters. The third kappa shape index (κ3) is 4.73. The maximum absolute atomic E-state index is 13.7.